The lowest BCUT2D eigenvalue weighted by molar-refractivity contribution is -0.111. The van der Waals surface area contributed by atoms with Crippen molar-refractivity contribution in [2.75, 3.05) is 0 Å². The van der Waals surface area contributed by atoms with Crippen LogP contribution in [0, 0.1) is 6.92 Å². The molecule has 3 nitrogen and oxygen atoms in total. The third-order valence-electron chi connectivity index (χ3n) is 9.23. The van der Waals surface area contributed by atoms with Gasteiger partial charge in [0.1, 0.15) is 5.76 Å². The molecule has 3 heteroatoms. The van der Waals surface area contributed by atoms with Crippen molar-refractivity contribution < 1.29 is 9.90 Å². The zero-order chi connectivity index (χ0) is 28.1. The maximum atomic E-state index is 13.9. The minimum Gasteiger partial charge on any atom is -0.506 e. The maximum Gasteiger partial charge on any atom is 0.201 e. The van der Waals surface area contributed by atoms with Gasteiger partial charge in [0.2, 0.25) is 5.78 Å². The molecule has 5 aromatic rings. The first-order valence-electron chi connectivity index (χ1n) is 14.5. The summed E-state index contributed by atoms with van der Waals surface area (Å²) in [7, 11) is 0. The molecule has 41 heavy (non-hydrogen) atoms. The fraction of sp³-hybridized carbons (Fsp3) is 0.184. The molecular formula is C38H33NO2. The van der Waals surface area contributed by atoms with Crippen LogP contribution < -0.4 is 0 Å². The Bertz CT molecular complexity index is 1910. The highest BCUT2D eigenvalue weighted by Gasteiger charge is 2.41. The number of aliphatic hydroxyl groups is 1. The number of ketones is 1. The number of allylic oxidation sites excluding steroid dienone is 4. The molecule has 0 amide bonds. The van der Waals surface area contributed by atoms with Crippen LogP contribution >= 0.6 is 0 Å². The van der Waals surface area contributed by atoms with E-state index in [2.05, 4.69) is 54.9 Å². The Morgan fingerprint density at radius 1 is 0.878 bits per heavy atom. The Labute approximate surface area is 240 Å². The van der Waals surface area contributed by atoms with Gasteiger partial charge in [0.15, 0.2) is 0 Å². The van der Waals surface area contributed by atoms with E-state index in [1.54, 1.807) is 0 Å². The minimum atomic E-state index is -0.258. The van der Waals surface area contributed by atoms with Crippen LogP contribution in [-0.2, 0) is 10.2 Å². The third kappa shape index (κ3) is 3.99. The Morgan fingerprint density at radius 2 is 1.54 bits per heavy atom. The number of carbonyl (C=O) groups excluding carboxylic acids is 1. The summed E-state index contributed by atoms with van der Waals surface area (Å²) in [6.07, 6.45) is 7.28. The monoisotopic (exact) mass is 535 g/mol. The number of benzene rings is 4. The van der Waals surface area contributed by atoms with Crippen LogP contribution in [0.2, 0.25) is 0 Å². The molecule has 0 radical (unpaired) electrons. The van der Waals surface area contributed by atoms with Crippen LogP contribution in [0.15, 0.2) is 121 Å². The average molecular weight is 536 g/mol. The number of para-hydroxylation sites is 1. The fourth-order valence-corrected chi connectivity index (χ4v) is 7.11. The predicted octanol–water partition coefficient (Wildman–Crippen LogP) is 9.53. The number of aromatic nitrogens is 1. The largest absolute Gasteiger partial charge is 0.506 e. The molecular weight excluding hydrogens is 502 g/mol. The van der Waals surface area contributed by atoms with Crippen molar-refractivity contribution in [1.82, 2.24) is 4.98 Å². The second kappa shape index (κ2) is 9.78. The van der Waals surface area contributed by atoms with Gasteiger partial charge in [-0.1, -0.05) is 105 Å². The molecule has 1 fully saturated rings. The van der Waals surface area contributed by atoms with Crippen molar-refractivity contribution in [2.45, 2.75) is 44.4 Å². The van der Waals surface area contributed by atoms with Crippen molar-refractivity contribution in [2.24, 2.45) is 0 Å². The van der Waals surface area contributed by atoms with Gasteiger partial charge in [0.25, 0.3) is 0 Å². The molecule has 1 aromatic heterocycles. The number of hydrogen-bond acceptors (Lipinski definition) is 2. The fourth-order valence-electron chi connectivity index (χ4n) is 7.11. The first kappa shape index (κ1) is 25.3. The minimum absolute atomic E-state index is 0.0549. The van der Waals surface area contributed by atoms with E-state index in [0.29, 0.717) is 11.1 Å². The van der Waals surface area contributed by atoms with Crippen molar-refractivity contribution in [3.8, 4) is 11.3 Å². The molecule has 2 aliphatic carbocycles. The van der Waals surface area contributed by atoms with E-state index in [1.807, 2.05) is 60.7 Å². The number of aliphatic hydroxyl groups excluding tert-OH is 1. The molecule has 0 aliphatic heterocycles. The molecule has 1 heterocycles. The molecule has 0 bridgehead atoms. The van der Waals surface area contributed by atoms with Crippen LogP contribution in [0.1, 0.15) is 48.8 Å². The Hall–Kier alpha value is -4.63. The van der Waals surface area contributed by atoms with E-state index in [0.717, 1.165) is 59.0 Å². The lowest BCUT2D eigenvalue weighted by atomic mass is 9.63. The smallest absolute Gasteiger partial charge is 0.201 e. The van der Waals surface area contributed by atoms with Crippen molar-refractivity contribution in [3.63, 3.8) is 0 Å². The second-order valence-corrected chi connectivity index (χ2v) is 11.6. The molecule has 1 saturated carbocycles. The number of carbonyl (C=O) groups is 1. The van der Waals surface area contributed by atoms with Gasteiger partial charge in [-0.25, -0.2) is 0 Å². The number of aryl methyl sites for hydroxylation is 1. The molecule has 2 N–H and O–H groups in total. The van der Waals surface area contributed by atoms with Crippen LogP contribution in [0.3, 0.4) is 0 Å². The summed E-state index contributed by atoms with van der Waals surface area (Å²) in [4.78, 5) is 17.3. The van der Waals surface area contributed by atoms with Crippen molar-refractivity contribution >= 4 is 33.0 Å². The van der Waals surface area contributed by atoms with Crippen LogP contribution in [0.5, 0.6) is 0 Å². The summed E-state index contributed by atoms with van der Waals surface area (Å²) in [6, 6.07) is 31.0. The lowest BCUT2D eigenvalue weighted by Gasteiger charge is -2.40. The van der Waals surface area contributed by atoms with E-state index in [9.17, 15) is 9.90 Å². The Balaban J connectivity index is 1.34. The number of Topliss-reactive ketones (excluding diaryl/α,β-unsaturated/α-hetero) is 1. The highest BCUT2D eigenvalue weighted by atomic mass is 16.3. The lowest BCUT2D eigenvalue weighted by Crippen LogP contribution is -2.32. The van der Waals surface area contributed by atoms with Crippen molar-refractivity contribution in [1.29, 1.82) is 0 Å². The van der Waals surface area contributed by atoms with Gasteiger partial charge in [-0.3, -0.25) is 4.79 Å². The molecule has 2 aliphatic rings. The summed E-state index contributed by atoms with van der Waals surface area (Å²) < 4.78 is 0. The summed E-state index contributed by atoms with van der Waals surface area (Å²) in [6.45, 7) is 6.76. The van der Waals surface area contributed by atoms with Crippen LogP contribution in [0.25, 0.3) is 38.5 Å². The van der Waals surface area contributed by atoms with Crippen LogP contribution in [0.4, 0.5) is 0 Å². The first-order valence-corrected chi connectivity index (χ1v) is 14.5. The molecule has 0 spiro atoms. The Kier molecular flexibility index (Phi) is 6.04. The van der Waals surface area contributed by atoms with Gasteiger partial charge in [0.05, 0.1) is 16.8 Å². The van der Waals surface area contributed by atoms with E-state index in [1.165, 1.54) is 28.3 Å². The molecule has 202 valence electrons. The zero-order valence-electron chi connectivity index (χ0n) is 23.3. The topological polar surface area (TPSA) is 53.1 Å². The quantitative estimate of drug-likeness (QED) is 0.220. The molecule has 4 aromatic carbocycles. The number of hydrogen-bond donors (Lipinski definition) is 2. The van der Waals surface area contributed by atoms with E-state index >= 15 is 0 Å². The van der Waals surface area contributed by atoms with Gasteiger partial charge in [-0.15, -0.1) is 0 Å². The maximum absolute atomic E-state index is 13.9. The summed E-state index contributed by atoms with van der Waals surface area (Å²) >= 11 is 0. The van der Waals surface area contributed by atoms with Gasteiger partial charge < -0.3 is 10.1 Å². The molecule has 0 atom stereocenters. The summed E-state index contributed by atoms with van der Waals surface area (Å²) in [5.74, 6) is -0.0777. The van der Waals surface area contributed by atoms with E-state index in [-0.39, 0.29) is 17.0 Å². The molecule has 0 saturated heterocycles. The SMILES string of the molecule is C=C(/C=C1/C(=O)C(c2c(-c3ccccc3)[nH]c3ccccc23)=C1O)C1(c2cc3ccccc3cc2C)CCCCC1. The molecule has 7 rings (SSSR count). The zero-order valence-corrected chi connectivity index (χ0v) is 23.3. The average Bonchev–Trinajstić information content (AvgIpc) is 3.39. The standard InChI is InChI=1S/C38H33NO2/c1-24-21-27-15-7-8-16-28(27)23-31(24)38(19-11-4-12-20-38)25(2)22-30-36(40)34(37(30)41)33-29-17-9-10-18-32(29)39-35(33)26-13-5-3-6-14-26/h3,5-10,13-18,21-23,39-40H,2,4,11-12,19-20H2,1H3/b30-22+. The number of rotatable bonds is 5. The highest BCUT2D eigenvalue weighted by Crippen LogP contribution is 2.49. The van der Waals surface area contributed by atoms with Gasteiger partial charge in [-0.05, 0) is 71.0 Å². The molecule has 0 unspecified atom stereocenters. The number of nitrogens with one attached hydrogen (secondary N) is 1. The highest BCUT2D eigenvalue weighted by molar-refractivity contribution is 6.41. The van der Waals surface area contributed by atoms with E-state index in [4.69, 9.17) is 0 Å². The number of aromatic amines is 1. The number of H-pyrrole nitrogens is 1. The second-order valence-electron chi connectivity index (χ2n) is 11.6. The van der Waals surface area contributed by atoms with Gasteiger partial charge in [0, 0.05) is 21.9 Å². The van der Waals surface area contributed by atoms with Crippen LogP contribution in [-0.4, -0.2) is 15.9 Å². The third-order valence-corrected chi connectivity index (χ3v) is 9.23. The van der Waals surface area contributed by atoms with E-state index < -0.39 is 0 Å². The summed E-state index contributed by atoms with van der Waals surface area (Å²) in [5.41, 5.74) is 7.43. The first-order chi connectivity index (χ1) is 20.0. The Morgan fingerprint density at radius 3 is 2.27 bits per heavy atom. The number of fused-ring (bicyclic) bond motifs is 2. The normalized spacial score (nSPS) is 17.8. The predicted molar refractivity (Wildman–Crippen MR) is 169 cm³/mol. The van der Waals surface area contributed by atoms with Gasteiger partial charge >= 0.3 is 0 Å². The van der Waals surface area contributed by atoms with Crippen molar-refractivity contribution in [3.05, 3.63) is 137 Å². The van der Waals surface area contributed by atoms with Gasteiger partial charge in [-0.2, -0.15) is 0 Å². The summed E-state index contributed by atoms with van der Waals surface area (Å²) in [5, 5.41) is 14.9.